The number of allylic oxidation sites excluding steroid dienone is 8. The van der Waals surface area contributed by atoms with Crippen LogP contribution in [-0.2, 0) is 26.2 Å². The Balaban J connectivity index is 0. The van der Waals surface area contributed by atoms with E-state index in [-0.39, 0.29) is 51.0 Å². The van der Waals surface area contributed by atoms with E-state index in [0.29, 0.717) is 0 Å². The molecule has 0 amide bonds. The molecule has 0 aliphatic heterocycles. The van der Waals surface area contributed by atoms with Crippen LogP contribution in [0.25, 0.3) is 0 Å². The third-order valence-corrected chi connectivity index (χ3v) is 17.5. The van der Waals surface area contributed by atoms with Crippen molar-refractivity contribution in [3.05, 3.63) is 71.8 Å². The third kappa shape index (κ3) is 11.3. The molecule has 4 rings (SSSR count). The van der Waals surface area contributed by atoms with Gasteiger partial charge in [-0.25, -0.2) is 0 Å². The van der Waals surface area contributed by atoms with Gasteiger partial charge in [0.25, 0.3) is 0 Å². The molecule has 0 radical (unpaired) electrons. The summed E-state index contributed by atoms with van der Waals surface area (Å²) in [5, 5.41) is 7.22. The Labute approximate surface area is 287 Å². The Morgan fingerprint density at radius 1 is 0.550 bits per heavy atom. The van der Waals surface area contributed by atoms with Crippen LogP contribution < -0.4 is 24.8 Å². The van der Waals surface area contributed by atoms with Crippen molar-refractivity contribution in [3.63, 3.8) is 0 Å². The van der Waals surface area contributed by atoms with Gasteiger partial charge < -0.3 is 57.9 Å². The molecule has 0 N–H and O–H groups in total. The molecule has 4 aliphatic carbocycles. The van der Waals surface area contributed by atoms with Crippen molar-refractivity contribution >= 4 is 32.3 Å². The van der Waals surface area contributed by atoms with Gasteiger partial charge in [-0.3, -0.25) is 0 Å². The van der Waals surface area contributed by atoms with E-state index in [4.69, 9.17) is 0 Å². The molecule has 0 bridgehead atoms. The summed E-state index contributed by atoms with van der Waals surface area (Å²) in [6.07, 6.45) is 21.5. The fourth-order valence-electron chi connectivity index (χ4n) is 6.92. The van der Waals surface area contributed by atoms with Crippen LogP contribution in [-0.4, -0.2) is 32.3 Å². The number of fused-ring (bicyclic) bond motifs is 2. The first-order chi connectivity index (χ1) is 16.8. The maximum absolute atomic E-state index is 3.38. The predicted octanol–water partition coefficient (Wildman–Crippen LogP) is 4.73. The molecule has 4 atom stereocenters. The van der Waals surface area contributed by atoms with E-state index >= 15 is 0 Å². The summed E-state index contributed by atoms with van der Waals surface area (Å²) in [7, 11) is -4.50. The van der Waals surface area contributed by atoms with Crippen LogP contribution >= 0.6 is 0 Å². The molecule has 40 heavy (non-hydrogen) atoms. The Morgan fingerprint density at radius 3 is 1.00 bits per heavy atom. The maximum atomic E-state index is 3.38. The summed E-state index contributed by atoms with van der Waals surface area (Å²) in [6.45, 7) is 36.7. The van der Waals surface area contributed by atoms with Gasteiger partial charge in [-0.1, -0.05) is 126 Å². The number of halogens is 2. The van der Waals surface area contributed by atoms with E-state index in [1.54, 1.807) is 10.4 Å². The van der Waals surface area contributed by atoms with E-state index in [9.17, 15) is 0 Å². The number of rotatable bonds is 4. The predicted molar refractivity (Wildman–Crippen MR) is 182 cm³/mol. The van der Waals surface area contributed by atoms with Crippen LogP contribution in [0.15, 0.2) is 45.1 Å². The van der Waals surface area contributed by atoms with Crippen LogP contribution in [0.5, 0.6) is 0 Å². The smallest absolute Gasteiger partial charge is 1.00 e. The molecule has 230 valence electrons. The Hall–Kier alpha value is 1.29. The molecule has 2 saturated carbocycles. The Morgan fingerprint density at radius 2 is 0.775 bits per heavy atom. The molecule has 7 heteroatoms. The molecule has 0 aromatic rings. The molecule has 0 heterocycles. The molecular formula is C33H60Cl2Si4Zr-4. The van der Waals surface area contributed by atoms with E-state index in [2.05, 4.69) is 130 Å². The second kappa shape index (κ2) is 17.1. The molecule has 0 saturated heterocycles. The van der Waals surface area contributed by atoms with E-state index < -0.39 is 32.3 Å². The Kier molecular flexibility index (Phi) is 18.6. The minimum atomic E-state index is -1.13. The number of hydrogen-bond acceptors (Lipinski definition) is 0. The molecule has 0 aromatic carbocycles. The van der Waals surface area contributed by atoms with Crippen molar-refractivity contribution in [3.8, 4) is 0 Å². The van der Waals surface area contributed by atoms with Gasteiger partial charge in [0.05, 0.1) is 32.3 Å². The average molecular weight is 731 g/mol. The standard InChI is InChI=1S/2C15H27Si2.C3H6.2ClH.Zr/c2*1-16(2,3)14-10-11-15(17(4,5)6)13-9-7-8-12(13)14;1-3-2;;;/h2*8,10-13H,7,9H2,1-6H3;1-3H2;2*1H;/q2*-1;-2;;;+2/p-2. The SMILES string of the molecule is C[Si](C)(C)C1=CC=C([Si](C)(C)C)C2CC[CH-]C12.C[Si](C)(C)C1=CC=C([Si](C)(C)C)C2CC[CH-]C12.[CH2-]C[CH2-].[Cl-].[Cl-].[Zr+2]. The van der Waals surface area contributed by atoms with E-state index in [1.807, 2.05) is 10.4 Å². The minimum Gasteiger partial charge on any atom is -1.00 e. The molecule has 0 aromatic heterocycles. The fraction of sp³-hybridized carbons (Fsp3) is 0.636. The maximum Gasteiger partial charge on any atom is 2.00 e. The van der Waals surface area contributed by atoms with Gasteiger partial charge in [0.15, 0.2) is 0 Å². The van der Waals surface area contributed by atoms with Crippen LogP contribution in [0.3, 0.4) is 0 Å². The first-order valence-corrected chi connectivity index (χ1v) is 28.9. The molecular weight excluding hydrogens is 671 g/mol. The van der Waals surface area contributed by atoms with Crippen LogP contribution in [0, 0.1) is 50.4 Å². The molecule has 4 aliphatic rings. The van der Waals surface area contributed by atoms with E-state index in [0.717, 1.165) is 30.1 Å². The normalized spacial score (nSPS) is 25.8. The molecule has 4 unspecified atom stereocenters. The number of hydrogen-bond donors (Lipinski definition) is 0. The third-order valence-electron chi connectivity index (χ3n) is 8.53. The topological polar surface area (TPSA) is 0 Å². The second-order valence-electron chi connectivity index (χ2n) is 15.7. The van der Waals surface area contributed by atoms with Gasteiger partial charge in [-0.15, -0.1) is 22.2 Å². The van der Waals surface area contributed by atoms with E-state index in [1.165, 1.54) is 25.7 Å². The summed E-state index contributed by atoms with van der Waals surface area (Å²) < 4.78 is 0. The zero-order valence-electron chi connectivity index (χ0n) is 28.0. The quantitative estimate of drug-likeness (QED) is 0.290. The average Bonchev–Trinajstić information content (AvgIpc) is 3.40. The first-order valence-electron chi connectivity index (χ1n) is 14.9. The van der Waals surface area contributed by atoms with Crippen LogP contribution in [0.1, 0.15) is 32.1 Å². The van der Waals surface area contributed by atoms with Gasteiger partial charge in [0.2, 0.25) is 0 Å². The van der Waals surface area contributed by atoms with Gasteiger partial charge in [0, 0.05) is 0 Å². The van der Waals surface area contributed by atoms with Crippen LogP contribution in [0.4, 0.5) is 0 Å². The molecule has 0 spiro atoms. The van der Waals surface area contributed by atoms with Crippen molar-refractivity contribution in [2.24, 2.45) is 23.7 Å². The van der Waals surface area contributed by atoms with Crippen molar-refractivity contribution < 1.29 is 51.0 Å². The van der Waals surface area contributed by atoms with Gasteiger partial charge in [0.1, 0.15) is 0 Å². The van der Waals surface area contributed by atoms with Gasteiger partial charge in [-0.2, -0.15) is 12.8 Å². The summed E-state index contributed by atoms with van der Waals surface area (Å²) in [4.78, 5) is 0. The van der Waals surface area contributed by atoms with Crippen molar-refractivity contribution in [2.45, 2.75) is 111 Å². The first kappa shape index (κ1) is 43.4. The zero-order valence-corrected chi connectivity index (χ0v) is 35.9. The van der Waals surface area contributed by atoms with Crippen LogP contribution in [0.2, 0.25) is 78.6 Å². The summed E-state index contributed by atoms with van der Waals surface area (Å²) >= 11 is 0. The molecule has 0 nitrogen and oxygen atoms in total. The second-order valence-corrected chi connectivity index (χ2v) is 36.0. The fourth-order valence-corrected chi connectivity index (χ4v) is 14.8. The summed E-state index contributed by atoms with van der Waals surface area (Å²) in [5.41, 5.74) is 0. The van der Waals surface area contributed by atoms with Gasteiger partial charge in [-0.05, 0) is 11.8 Å². The monoisotopic (exact) mass is 728 g/mol. The van der Waals surface area contributed by atoms with Crippen molar-refractivity contribution in [1.29, 1.82) is 0 Å². The van der Waals surface area contributed by atoms with Crippen molar-refractivity contribution in [1.82, 2.24) is 0 Å². The summed E-state index contributed by atoms with van der Waals surface area (Å²) in [6, 6.07) is 0. The molecule has 2 fully saturated rings. The zero-order chi connectivity index (χ0) is 28.4. The minimum absolute atomic E-state index is 0. The van der Waals surface area contributed by atoms with Gasteiger partial charge >= 0.3 is 26.2 Å². The summed E-state index contributed by atoms with van der Waals surface area (Å²) in [5.74, 6) is 3.34. The largest absolute Gasteiger partial charge is 2.00 e. The van der Waals surface area contributed by atoms with Crippen molar-refractivity contribution in [2.75, 3.05) is 0 Å². The Bertz CT molecular complexity index is 763.